The molecule has 0 aliphatic carbocycles. The second-order valence-corrected chi connectivity index (χ2v) is 11.9. The molecule has 0 spiro atoms. The molecule has 2 fully saturated rings. The zero-order valence-corrected chi connectivity index (χ0v) is 27.6. The number of ether oxygens (including phenoxy) is 2. The first-order valence-electron chi connectivity index (χ1n) is 14.0. The van der Waals surface area contributed by atoms with Gasteiger partial charge in [0.2, 0.25) is 5.91 Å². The van der Waals surface area contributed by atoms with Crippen molar-refractivity contribution in [2.45, 2.75) is 12.8 Å². The number of benzene rings is 3. The van der Waals surface area contributed by atoms with E-state index < -0.39 is 5.91 Å². The summed E-state index contributed by atoms with van der Waals surface area (Å²) in [5.41, 5.74) is 7.27. The smallest absolute Gasteiger partial charge is 0.270 e. The third kappa shape index (κ3) is 9.44. The lowest BCUT2D eigenvalue weighted by atomic mass is 10.2. The van der Waals surface area contributed by atoms with Gasteiger partial charge >= 0.3 is 0 Å². The second kappa shape index (κ2) is 16.8. The zero-order chi connectivity index (χ0) is 29.5. The highest BCUT2D eigenvalue weighted by molar-refractivity contribution is 8.27. The minimum Gasteiger partial charge on any atom is -0.494 e. The van der Waals surface area contributed by atoms with E-state index in [-0.39, 0.29) is 30.7 Å². The standard InChI is InChI=1S/C32H34N4O4S2.2ClH/c1-34-17-19-35(20-18-34)16-2-3-21-39-26-14-8-25(9-15-26)36-31(38)29(42-32(36)41)22-23-4-10-27(11-5-23)40-28-12-6-24(7-13-28)30(33)37;;/h4-15,22H,2-3,16-21H2,1H3,(H2,33,37);2*1H/b29-22-;;. The molecular formula is C32H36Cl2N4O4S2. The van der Waals surface area contributed by atoms with Crippen molar-refractivity contribution in [2.24, 2.45) is 5.73 Å². The van der Waals surface area contributed by atoms with Crippen LogP contribution in [0.3, 0.4) is 0 Å². The molecule has 12 heteroatoms. The number of anilines is 1. The second-order valence-electron chi connectivity index (χ2n) is 10.3. The molecule has 2 amide bonds. The molecule has 2 saturated heterocycles. The van der Waals surface area contributed by atoms with E-state index in [0.717, 1.165) is 62.6 Å². The third-order valence-corrected chi connectivity index (χ3v) is 8.48. The number of hydrogen-bond acceptors (Lipinski definition) is 8. The van der Waals surface area contributed by atoms with Crippen LogP contribution in [0, 0.1) is 0 Å². The monoisotopic (exact) mass is 674 g/mol. The van der Waals surface area contributed by atoms with E-state index in [1.54, 1.807) is 29.2 Å². The Kier molecular flexibility index (Phi) is 13.5. The average Bonchev–Trinajstić information content (AvgIpc) is 3.27. The molecule has 0 aromatic heterocycles. The summed E-state index contributed by atoms with van der Waals surface area (Å²) < 4.78 is 12.3. The van der Waals surface area contributed by atoms with Gasteiger partial charge in [-0.1, -0.05) is 36.1 Å². The molecule has 2 heterocycles. The van der Waals surface area contributed by atoms with Gasteiger partial charge in [0, 0.05) is 31.7 Å². The molecule has 8 nitrogen and oxygen atoms in total. The molecule has 2 aliphatic rings. The summed E-state index contributed by atoms with van der Waals surface area (Å²) in [6.45, 7) is 6.35. The molecule has 0 saturated carbocycles. The number of thiocarbonyl (C=S) groups is 1. The summed E-state index contributed by atoms with van der Waals surface area (Å²) in [7, 11) is 2.17. The van der Waals surface area contributed by atoms with Gasteiger partial charge in [-0.2, -0.15) is 0 Å². The van der Waals surface area contributed by atoms with E-state index in [1.165, 1.54) is 11.8 Å². The van der Waals surface area contributed by atoms with Crippen LogP contribution in [0.4, 0.5) is 5.69 Å². The van der Waals surface area contributed by atoms with Gasteiger partial charge in [-0.25, -0.2) is 0 Å². The molecule has 3 aromatic carbocycles. The quantitative estimate of drug-likeness (QED) is 0.145. The zero-order valence-electron chi connectivity index (χ0n) is 24.3. The highest BCUT2D eigenvalue weighted by Crippen LogP contribution is 2.37. The molecule has 5 rings (SSSR count). The lowest BCUT2D eigenvalue weighted by Crippen LogP contribution is -2.44. The highest BCUT2D eigenvalue weighted by Gasteiger charge is 2.33. The van der Waals surface area contributed by atoms with Gasteiger partial charge in [-0.3, -0.25) is 14.5 Å². The molecule has 0 unspecified atom stereocenters. The number of carbonyl (C=O) groups excluding carboxylic acids is 2. The number of primary amides is 1. The maximum absolute atomic E-state index is 13.2. The van der Waals surface area contributed by atoms with Gasteiger partial charge in [0.05, 0.1) is 17.2 Å². The Balaban J connectivity index is 0.00000264. The molecular weight excluding hydrogens is 639 g/mol. The SMILES string of the molecule is CN1CCN(CCCCOc2ccc(N3C(=O)/C(=C/c4ccc(Oc5ccc(C(N)=O)cc5)cc4)SC3=S)cc2)CC1.Cl.Cl. The van der Waals surface area contributed by atoms with Gasteiger partial charge in [-0.05, 0) is 98.7 Å². The van der Waals surface area contributed by atoms with Crippen LogP contribution in [0.2, 0.25) is 0 Å². The highest BCUT2D eigenvalue weighted by atomic mass is 35.5. The number of hydrogen-bond donors (Lipinski definition) is 1. The maximum atomic E-state index is 13.2. The Morgan fingerprint density at radius 1 is 0.886 bits per heavy atom. The van der Waals surface area contributed by atoms with Gasteiger partial charge in [0.1, 0.15) is 17.2 Å². The molecule has 0 radical (unpaired) electrons. The summed E-state index contributed by atoms with van der Waals surface area (Å²) in [6.07, 6.45) is 3.95. The largest absolute Gasteiger partial charge is 0.494 e. The van der Waals surface area contributed by atoms with Crippen molar-refractivity contribution in [3.05, 3.63) is 88.8 Å². The van der Waals surface area contributed by atoms with E-state index in [2.05, 4.69) is 16.8 Å². The molecule has 44 heavy (non-hydrogen) atoms. The van der Waals surface area contributed by atoms with Gasteiger partial charge < -0.3 is 25.0 Å². The number of halogens is 2. The van der Waals surface area contributed by atoms with Gasteiger partial charge in [0.15, 0.2) is 4.32 Å². The maximum Gasteiger partial charge on any atom is 0.270 e. The number of thioether (sulfide) groups is 1. The summed E-state index contributed by atoms with van der Waals surface area (Å²) in [6, 6.07) is 21.5. The molecule has 2 N–H and O–H groups in total. The first kappa shape index (κ1) is 35.4. The van der Waals surface area contributed by atoms with Crippen LogP contribution in [-0.4, -0.2) is 72.3 Å². The van der Waals surface area contributed by atoms with Crippen molar-refractivity contribution in [2.75, 3.05) is 51.3 Å². The predicted octanol–water partition coefficient (Wildman–Crippen LogP) is 6.23. The van der Waals surface area contributed by atoms with Gasteiger partial charge in [-0.15, -0.1) is 24.8 Å². The summed E-state index contributed by atoms with van der Waals surface area (Å²) in [4.78, 5) is 31.5. The van der Waals surface area contributed by atoms with E-state index in [9.17, 15) is 9.59 Å². The minimum atomic E-state index is -0.486. The number of nitrogens with two attached hydrogens (primary N) is 1. The van der Waals surface area contributed by atoms with Crippen molar-refractivity contribution >= 4 is 76.7 Å². The number of nitrogens with zero attached hydrogens (tertiary/aromatic N) is 3. The first-order chi connectivity index (χ1) is 20.4. The summed E-state index contributed by atoms with van der Waals surface area (Å²) in [5, 5.41) is 0. The minimum absolute atomic E-state index is 0. The van der Waals surface area contributed by atoms with E-state index >= 15 is 0 Å². The van der Waals surface area contributed by atoms with Crippen LogP contribution in [-0.2, 0) is 4.79 Å². The number of carbonyl (C=O) groups is 2. The lowest BCUT2D eigenvalue weighted by Gasteiger charge is -2.32. The van der Waals surface area contributed by atoms with Crippen molar-refractivity contribution in [3.8, 4) is 17.2 Å². The van der Waals surface area contributed by atoms with Crippen molar-refractivity contribution in [3.63, 3.8) is 0 Å². The topological polar surface area (TPSA) is 88.3 Å². The van der Waals surface area contributed by atoms with E-state index in [0.29, 0.717) is 32.9 Å². The van der Waals surface area contributed by atoms with Crippen LogP contribution in [0.1, 0.15) is 28.8 Å². The van der Waals surface area contributed by atoms with Crippen LogP contribution in [0.5, 0.6) is 17.2 Å². The number of piperazine rings is 1. The fourth-order valence-electron chi connectivity index (χ4n) is 4.69. The van der Waals surface area contributed by atoms with Gasteiger partial charge in [0.25, 0.3) is 5.91 Å². The van der Waals surface area contributed by atoms with Crippen LogP contribution >= 0.6 is 48.8 Å². The van der Waals surface area contributed by atoms with Crippen LogP contribution < -0.4 is 20.1 Å². The number of rotatable bonds is 11. The summed E-state index contributed by atoms with van der Waals surface area (Å²) in [5.74, 6) is 1.36. The van der Waals surface area contributed by atoms with Crippen LogP contribution in [0.25, 0.3) is 6.08 Å². The van der Waals surface area contributed by atoms with Crippen molar-refractivity contribution in [1.29, 1.82) is 0 Å². The molecule has 234 valence electrons. The molecule has 3 aromatic rings. The van der Waals surface area contributed by atoms with E-state index in [4.69, 9.17) is 27.4 Å². The molecule has 0 atom stereocenters. The fourth-order valence-corrected chi connectivity index (χ4v) is 5.99. The Morgan fingerprint density at radius 2 is 1.48 bits per heavy atom. The number of unbranched alkanes of at least 4 members (excludes halogenated alkanes) is 1. The first-order valence-corrected chi connectivity index (χ1v) is 15.2. The third-order valence-electron chi connectivity index (χ3n) is 7.17. The molecule has 2 aliphatic heterocycles. The summed E-state index contributed by atoms with van der Waals surface area (Å²) >= 11 is 6.82. The Morgan fingerprint density at radius 3 is 2.09 bits per heavy atom. The Labute approximate surface area is 280 Å². The number of likely N-dealkylation sites (N-methyl/N-ethyl adjacent to an activating group) is 1. The fraction of sp³-hybridized carbons (Fsp3) is 0.281. The number of amides is 2. The molecule has 0 bridgehead atoms. The predicted molar refractivity (Wildman–Crippen MR) is 187 cm³/mol. The Bertz CT molecular complexity index is 1450. The lowest BCUT2D eigenvalue weighted by molar-refractivity contribution is -0.113. The normalized spacial score (nSPS) is 16.4. The average molecular weight is 676 g/mol. The van der Waals surface area contributed by atoms with E-state index in [1.807, 2.05) is 54.6 Å². The van der Waals surface area contributed by atoms with Crippen LogP contribution in [0.15, 0.2) is 77.7 Å². The van der Waals surface area contributed by atoms with Crippen molar-refractivity contribution in [1.82, 2.24) is 9.80 Å². The Hall–Kier alpha value is -3.12. The van der Waals surface area contributed by atoms with Crippen molar-refractivity contribution < 1.29 is 19.1 Å².